The molecule has 4 N–H and O–H groups in total. The maximum atomic E-state index is 4.76. The van der Waals surface area contributed by atoms with E-state index in [1.54, 1.807) is 0 Å². The molecule has 0 spiro atoms. The molecule has 0 saturated heterocycles. The van der Waals surface area contributed by atoms with Gasteiger partial charge < -0.3 is 12.3 Å². The number of hydrogen-bond donors (Lipinski definition) is 0. The van der Waals surface area contributed by atoms with Crippen LogP contribution in [0.2, 0.25) is 0 Å². The smallest absolute Gasteiger partial charge is 0.693 e. The summed E-state index contributed by atoms with van der Waals surface area (Å²) in [4.78, 5) is 0. The van der Waals surface area contributed by atoms with Crippen LogP contribution in [0.1, 0.15) is 0 Å². The molecule has 2 nitrogen and oxygen atoms in total. The van der Waals surface area contributed by atoms with Crippen molar-refractivity contribution in [2.45, 2.75) is 0 Å². The topological polar surface area (TPSA) is 67.0 Å². The quantitative estimate of drug-likeness (QED) is 0.487. The normalized spacial score (nSPS) is 4.40. The van der Waals surface area contributed by atoms with Gasteiger partial charge in [-0.15, -0.1) is 0 Å². The Morgan fingerprint density at radius 1 is 1.00 bits per heavy atom. The molecule has 0 rings (SSSR count). The summed E-state index contributed by atoms with van der Waals surface area (Å²) in [5, 5.41) is 0. The summed E-state index contributed by atoms with van der Waals surface area (Å²) >= 11 is 0.194. The Morgan fingerprint density at radius 2 is 1.00 bits per heavy atom. The van der Waals surface area contributed by atoms with Gasteiger partial charge in [0, 0.05) is 0 Å². The third kappa shape index (κ3) is 44.0. The average molecular weight is 159 g/mol. The van der Waals surface area contributed by atoms with Crippen LogP contribution in [0.25, 0.3) is 12.3 Å². The first-order chi connectivity index (χ1) is 1.41. The first kappa shape index (κ1) is 16.6. The molecule has 0 radical (unpaired) electrons. The summed E-state index contributed by atoms with van der Waals surface area (Å²) in [6, 6.07) is 0. The molecule has 0 saturated carbocycles. The molecule has 0 aromatic carbocycles. The van der Waals surface area contributed by atoms with Gasteiger partial charge in [-0.3, -0.25) is 0 Å². The second-order valence-electron chi connectivity index (χ2n) is 0.0505. The fraction of sp³-hybridized carbons (Fsp3) is 0. The van der Waals surface area contributed by atoms with Gasteiger partial charge in [0.05, 0.1) is 0 Å². The Kier molecular flexibility index (Phi) is 66.2. The van der Waals surface area contributed by atoms with Crippen LogP contribution in [-0.4, -0.2) is 0 Å². The Labute approximate surface area is 46.0 Å². The molecule has 5 heavy (non-hydrogen) atoms. The van der Waals surface area contributed by atoms with Crippen molar-refractivity contribution in [3.8, 4) is 0 Å². The van der Waals surface area contributed by atoms with E-state index in [4.69, 9.17) is 20.2 Å². The average Bonchev–Trinajstić information content (AvgIpc) is 0.918. The minimum atomic E-state index is 0. The Balaban J connectivity index is -0.0000000200. The van der Waals surface area contributed by atoms with Gasteiger partial charge in [0.2, 0.25) is 0 Å². The fourth-order valence-electron chi connectivity index (χ4n) is 0. The van der Waals surface area contributed by atoms with E-state index in [0.717, 1.165) is 0 Å². The Hall–Kier alpha value is 1.02. The minimum Gasteiger partial charge on any atom is -0.693 e. The zero-order chi connectivity index (χ0) is 2.71. The second-order valence-corrected chi connectivity index (χ2v) is 1.87. The SMILES string of the molecule is [Cl][Fe][Cl].[NH2-].[NH2-]. The number of halogens is 2. The summed E-state index contributed by atoms with van der Waals surface area (Å²) in [7, 11) is 9.53. The van der Waals surface area contributed by atoms with Crippen molar-refractivity contribution >= 4 is 20.2 Å². The van der Waals surface area contributed by atoms with E-state index in [2.05, 4.69) is 0 Å². The predicted molar refractivity (Wildman–Crippen MR) is 22.3 cm³/mol. The summed E-state index contributed by atoms with van der Waals surface area (Å²) in [6.07, 6.45) is 0. The summed E-state index contributed by atoms with van der Waals surface area (Å²) in [5.41, 5.74) is 0. The molecular weight excluding hydrogens is 155 g/mol. The van der Waals surface area contributed by atoms with E-state index in [-0.39, 0.29) is 25.4 Å². The molecule has 0 atom stereocenters. The number of hydrogen-bond acceptors (Lipinski definition) is 0. The molecular formula is H4Cl2FeN2-2. The van der Waals surface area contributed by atoms with Crippen molar-refractivity contribution < 1.29 is 13.1 Å². The molecule has 0 aromatic heterocycles. The van der Waals surface area contributed by atoms with Crippen molar-refractivity contribution in [1.29, 1.82) is 0 Å². The molecule has 0 heterocycles. The fourth-order valence-corrected chi connectivity index (χ4v) is 0. The summed E-state index contributed by atoms with van der Waals surface area (Å²) in [5.74, 6) is 0. The van der Waals surface area contributed by atoms with Crippen molar-refractivity contribution in [3.05, 3.63) is 12.3 Å². The van der Waals surface area contributed by atoms with Crippen LogP contribution in [0.4, 0.5) is 0 Å². The molecule has 0 aliphatic carbocycles. The van der Waals surface area contributed by atoms with E-state index >= 15 is 0 Å². The Morgan fingerprint density at radius 3 is 1.00 bits per heavy atom. The third-order valence-electron chi connectivity index (χ3n) is 0. The molecule has 0 aliphatic rings. The van der Waals surface area contributed by atoms with Crippen molar-refractivity contribution in [1.82, 2.24) is 0 Å². The molecule has 0 amide bonds. The van der Waals surface area contributed by atoms with Gasteiger partial charge in [0.15, 0.2) is 0 Å². The van der Waals surface area contributed by atoms with Crippen LogP contribution in [0, 0.1) is 0 Å². The maximum absolute atomic E-state index is 4.76. The monoisotopic (exact) mass is 158 g/mol. The van der Waals surface area contributed by atoms with Crippen LogP contribution < -0.4 is 0 Å². The predicted octanol–water partition coefficient (Wildman–Crippen LogP) is 2.81. The molecule has 0 bridgehead atoms. The van der Waals surface area contributed by atoms with Crippen molar-refractivity contribution in [3.63, 3.8) is 0 Å². The Bertz CT molecular complexity index is 7.61. The largest absolute Gasteiger partial charge is 0.693 e. The van der Waals surface area contributed by atoms with Gasteiger partial charge in [-0.25, -0.2) is 0 Å². The second kappa shape index (κ2) is 19.9. The molecule has 0 fully saturated rings. The van der Waals surface area contributed by atoms with E-state index < -0.39 is 0 Å². The van der Waals surface area contributed by atoms with Crippen LogP contribution in [-0.2, 0) is 13.1 Å². The van der Waals surface area contributed by atoms with Gasteiger partial charge in [0.1, 0.15) is 0 Å². The molecule has 38 valence electrons. The molecule has 0 unspecified atom stereocenters. The van der Waals surface area contributed by atoms with Crippen molar-refractivity contribution in [2.75, 3.05) is 0 Å². The van der Waals surface area contributed by atoms with Crippen LogP contribution in [0.5, 0.6) is 0 Å². The van der Waals surface area contributed by atoms with Crippen LogP contribution in [0.15, 0.2) is 0 Å². The standard InChI is InChI=1S/2ClH.Fe.2H2N/h2*1H;;2*1H2/q;;+2;2*-1/p-2. The third-order valence-corrected chi connectivity index (χ3v) is 0. The van der Waals surface area contributed by atoms with Gasteiger partial charge >= 0.3 is 33.3 Å². The molecule has 0 aromatic rings. The number of rotatable bonds is 0. The molecule has 0 aliphatic heterocycles. The van der Waals surface area contributed by atoms with E-state index in [9.17, 15) is 0 Å². The van der Waals surface area contributed by atoms with Crippen LogP contribution in [0.3, 0.4) is 0 Å². The maximum Gasteiger partial charge on any atom is -0.693 e. The first-order valence-corrected chi connectivity index (χ1v) is 3.31. The zero-order valence-corrected chi connectivity index (χ0v) is 4.88. The van der Waals surface area contributed by atoms with Gasteiger partial charge in [-0.05, 0) is 0 Å². The van der Waals surface area contributed by atoms with E-state index in [1.165, 1.54) is 0 Å². The zero-order valence-electron chi connectivity index (χ0n) is 2.26. The number of nitrogens with two attached hydrogens (primary N) is 2. The first-order valence-electron chi connectivity index (χ1n) is 0.267. The minimum absolute atomic E-state index is 0. The van der Waals surface area contributed by atoms with E-state index in [0.29, 0.717) is 0 Å². The summed E-state index contributed by atoms with van der Waals surface area (Å²) in [6.45, 7) is 0. The van der Waals surface area contributed by atoms with Gasteiger partial charge in [-0.1, -0.05) is 0 Å². The van der Waals surface area contributed by atoms with Gasteiger partial charge in [0.25, 0.3) is 0 Å². The van der Waals surface area contributed by atoms with Crippen molar-refractivity contribution in [2.24, 2.45) is 0 Å². The van der Waals surface area contributed by atoms with Crippen LogP contribution >= 0.6 is 20.2 Å². The summed E-state index contributed by atoms with van der Waals surface area (Å²) < 4.78 is 0. The van der Waals surface area contributed by atoms with Gasteiger partial charge in [-0.2, -0.15) is 0 Å². The molecule has 5 heteroatoms. The van der Waals surface area contributed by atoms with E-state index in [1.807, 2.05) is 0 Å².